The Morgan fingerprint density at radius 3 is 2.83 bits per heavy atom. The average molecular weight is 319 g/mol. The zero-order valence-electron chi connectivity index (χ0n) is 13.0. The van der Waals surface area contributed by atoms with Gasteiger partial charge in [0.2, 0.25) is 0 Å². The number of nitrogens with one attached hydrogen (secondary N) is 1. The lowest BCUT2D eigenvalue weighted by Gasteiger charge is -2.43. The van der Waals surface area contributed by atoms with Gasteiger partial charge in [-0.05, 0) is 0 Å². The van der Waals surface area contributed by atoms with Crippen molar-refractivity contribution in [2.45, 2.75) is 30.8 Å². The van der Waals surface area contributed by atoms with Crippen molar-refractivity contribution in [2.24, 2.45) is 0 Å². The Kier molecular flexibility index (Phi) is 5.20. The third-order valence-corrected chi connectivity index (χ3v) is 3.97. The first-order valence-electron chi connectivity index (χ1n) is 7.63. The van der Waals surface area contributed by atoms with Gasteiger partial charge in [-0.2, -0.15) is 0 Å². The minimum absolute atomic E-state index is 0.0841. The molecule has 2 fully saturated rings. The fourth-order valence-corrected chi connectivity index (χ4v) is 2.84. The summed E-state index contributed by atoms with van der Waals surface area (Å²) >= 11 is 0. The molecule has 0 bridgehead atoms. The summed E-state index contributed by atoms with van der Waals surface area (Å²) in [5, 5.41) is 3.07. The fourth-order valence-electron chi connectivity index (χ4n) is 2.84. The molecule has 23 heavy (non-hydrogen) atoms. The number of ether oxygens (including phenoxy) is 4. The van der Waals surface area contributed by atoms with Crippen LogP contribution in [-0.4, -0.2) is 50.6 Å². The predicted molar refractivity (Wildman–Crippen MR) is 82.7 cm³/mol. The first-order valence-corrected chi connectivity index (χ1v) is 7.63. The Hall–Kier alpha value is -1.57. The van der Waals surface area contributed by atoms with Gasteiger partial charge in [0.1, 0.15) is 18.2 Å². The van der Waals surface area contributed by atoms with E-state index in [4.69, 9.17) is 18.9 Å². The van der Waals surface area contributed by atoms with Gasteiger partial charge in [0.25, 0.3) is 0 Å². The number of carbonyl (C=O) groups is 1. The van der Waals surface area contributed by atoms with E-state index in [-0.39, 0.29) is 12.4 Å². The van der Waals surface area contributed by atoms with E-state index in [0.717, 1.165) is 5.56 Å². The molecule has 2 aliphatic heterocycles. The maximum atomic E-state index is 12.8. The summed E-state index contributed by atoms with van der Waals surface area (Å²) in [6.45, 7) is 4.41. The van der Waals surface area contributed by atoms with Gasteiger partial charge in [0.15, 0.2) is 18.4 Å². The van der Waals surface area contributed by atoms with Crippen molar-refractivity contribution in [1.29, 1.82) is 0 Å². The van der Waals surface area contributed by atoms with Crippen LogP contribution in [0.4, 0.5) is 0 Å². The Balaban J connectivity index is 1.75. The highest BCUT2D eigenvalue weighted by molar-refractivity contribution is 5.90. The molecule has 2 saturated heterocycles. The van der Waals surface area contributed by atoms with Gasteiger partial charge in [0.05, 0.1) is 6.61 Å². The van der Waals surface area contributed by atoms with Crippen LogP contribution in [0.15, 0.2) is 43.0 Å². The van der Waals surface area contributed by atoms with Crippen LogP contribution in [-0.2, 0) is 23.7 Å². The molecule has 0 aliphatic carbocycles. The number of hydrogen-bond donors (Lipinski definition) is 1. The van der Waals surface area contributed by atoms with Crippen molar-refractivity contribution in [1.82, 2.24) is 5.32 Å². The van der Waals surface area contributed by atoms with Crippen LogP contribution in [0.25, 0.3) is 0 Å². The molecule has 124 valence electrons. The highest BCUT2D eigenvalue weighted by Crippen LogP contribution is 2.32. The van der Waals surface area contributed by atoms with E-state index < -0.39 is 30.8 Å². The summed E-state index contributed by atoms with van der Waals surface area (Å²) < 4.78 is 22.7. The molecule has 6 heteroatoms. The smallest absolute Gasteiger partial charge is 0.186 e. The van der Waals surface area contributed by atoms with Gasteiger partial charge in [-0.15, -0.1) is 6.58 Å². The predicted octanol–water partition coefficient (Wildman–Crippen LogP) is 1.19. The van der Waals surface area contributed by atoms with Gasteiger partial charge in [-0.3, -0.25) is 10.1 Å². The minimum Gasteiger partial charge on any atom is -0.354 e. The lowest BCUT2D eigenvalue weighted by molar-refractivity contribution is -0.303. The normalized spacial score (nSPS) is 34.0. The summed E-state index contributed by atoms with van der Waals surface area (Å²) in [5.41, 5.74) is 0.878. The number of ketones is 1. The van der Waals surface area contributed by atoms with Crippen LogP contribution in [0.1, 0.15) is 11.9 Å². The first-order chi connectivity index (χ1) is 11.2. The monoisotopic (exact) mass is 319 g/mol. The van der Waals surface area contributed by atoms with Gasteiger partial charge in [-0.1, -0.05) is 36.4 Å². The van der Waals surface area contributed by atoms with Crippen molar-refractivity contribution in [3.05, 3.63) is 48.6 Å². The van der Waals surface area contributed by atoms with Crippen molar-refractivity contribution in [2.75, 3.05) is 20.3 Å². The van der Waals surface area contributed by atoms with E-state index in [0.29, 0.717) is 6.54 Å². The molecule has 5 atom stereocenters. The highest BCUT2D eigenvalue weighted by Gasteiger charge is 2.49. The number of benzene rings is 1. The van der Waals surface area contributed by atoms with Crippen LogP contribution in [0.2, 0.25) is 0 Å². The van der Waals surface area contributed by atoms with E-state index in [9.17, 15) is 4.79 Å². The second kappa shape index (κ2) is 7.33. The molecule has 0 saturated carbocycles. The number of methoxy groups -OCH3 is 1. The van der Waals surface area contributed by atoms with Crippen molar-refractivity contribution in [3.8, 4) is 0 Å². The Bertz CT molecular complexity index is 549. The van der Waals surface area contributed by atoms with Crippen LogP contribution in [0, 0.1) is 0 Å². The zero-order chi connectivity index (χ0) is 16.2. The quantitative estimate of drug-likeness (QED) is 0.822. The van der Waals surface area contributed by atoms with Crippen LogP contribution >= 0.6 is 0 Å². The lowest BCUT2D eigenvalue weighted by Crippen LogP contribution is -2.63. The number of carbonyl (C=O) groups excluding carboxylic acids is 1. The van der Waals surface area contributed by atoms with Crippen molar-refractivity contribution < 1.29 is 23.7 Å². The molecule has 0 unspecified atom stereocenters. The number of rotatable bonds is 5. The van der Waals surface area contributed by atoms with Crippen LogP contribution < -0.4 is 5.32 Å². The molecular formula is C17H21NO5. The molecule has 1 aromatic carbocycles. The van der Waals surface area contributed by atoms with Gasteiger partial charge >= 0.3 is 0 Å². The second-order valence-corrected chi connectivity index (χ2v) is 5.49. The molecule has 1 aromatic rings. The van der Waals surface area contributed by atoms with Crippen LogP contribution in [0.3, 0.4) is 0 Å². The maximum Gasteiger partial charge on any atom is 0.186 e. The van der Waals surface area contributed by atoms with E-state index >= 15 is 0 Å². The average Bonchev–Trinajstić information content (AvgIpc) is 2.61. The van der Waals surface area contributed by atoms with Gasteiger partial charge < -0.3 is 18.9 Å². The maximum absolute atomic E-state index is 12.8. The topological polar surface area (TPSA) is 66.0 Å². The number of hydrogen-bond acceptors (Lipinski definition) is 6. The largest absolute Gasteiger partial charge is 0.354 e. The Morgan fingerprint density at radius 2 is 2.13 bits per heavy atom. The molecule has 0 radical (unpaired) electrons. The molecule has 1 N–H and O–H groups in total. The Labute approximate surface area is 135 Å². The molecule has 0 amide bonds. The third-order valence-electron chi connectivity index (χ3n) is 3.97. The molecule has 6 nitrogen and oxygen atoms in total. The third kappa shape index (κ3) is 3.36. The zero-order valence-corrected chi connectivity index (χ0v) is 13.0. The van der Waals surface area contributed by atoms with Crippen LogP contribution in [0.5, 0.6) is 0 Å². The first kappa shape index (κ1) is 16.3. The van der Waals surface area contributed by atoms with Gasteiger partial charge in [-0.25, -0.2) is 0 Å². The molecule has 0 aromatic heterocycles. The minimum atomic E-state index is -0.678. The summed E-state index contributed by atoms with van der Waals surface area (Å²) in [5.74, 6) is -0.0841. The highest BCUT2D eigenvalue weighted by atomic mass is 16.7. The second-order valence-electron chi connectivity index (χ2n) is 5.49. The molecule has 0 spiro atoms. The summed E-state index contributed by atoms with van der Waals surface area (Å²) in [4.78, 5) is 12.8. The van der Waals surface area contributed by atoms with Gasteiger partial charge in [0, 0.05) is 19.2 Å². The Morgan fingerprint density at radius 1 is 1.35 bits per heavy atom. The number of fused-ring (bicyclic) bond motifs is 1. The summed E-state index contributed by atoms with van der Waals surface area (Å²) in [6, 6.07) is 8.96. The SMILES string of the molecule is C=CCN[C@@H]1C(=O)[C@@H]2O[C@H](c3ccccc3)OC[C@H]2O[C@@H]1OC. The number of Topliss-reactive ketones (excluding diaryl/α,β-unsaturated/α-hetero) is 1. The standard InChI is InChI=1S/C17H21NO5/c1-3-9-18-13-14(19)15-12(22-17(13)20-2)10-21-16(23-15)11-7-5-4-6-8-11/h3-8,12-13,15-18H,1,9-10H2,2H3/t12-,13-,15-,16-,17+/m1/s1. The summed E-state index contributed by atoms with van der Waals surface area (Å²) in [6.07, 6.45) is -0.686. The summed E-state index contributed by atoms with van der Waals surface area (Å²) in [7, 11) is 1.51. The van der Waals surface area contributed by atoms with E-state index in [2.05, 4.69) is 11.9 Å². The molecule has 2 heterocycles. The van der Waals surface area contributed by atoms with E-state index in [1.165, 1.54) is 7.11 Å². The lowest BCUT2D eigenvalue weighted by atomic mass is 9.97. The van der Waals surface area contributed by atoms with E-state index in [1.807, 2.05) is 30.3 Å². The van der Waals surface area contributed by atoms with Crippen molar-refractivity contribution >= 4 is 5.78 Å². The molecular weight excluding hydrogens is 298 g/mol. The fraction of sp³-hybridized carbons (Fsp3) is 0.471. The molecule has 2 aliphatic rings. The molecule has 3 rings (SSSR count). The van der Waals surface area contributed by atoms with Crippen molar-refractivity contribution in [3.63, 3.8) is 0 Å². The van der Waals surface area contributed by atoms with E-state index in [1.54, 1.807) is 6.08 Å².